The molecule has 0 radical (unpaired) electrons. The zero-order valence-corrected chi connectivity index (χ0v) is 19.5. The molecule has 2 aromatic carbocycles. The summed E-state index contributed by atoms with van der Waals surface area (Å²) in [6, 6.07) is 12.2. The fraction of sp³-hybridized carbons (Fsp3) is 0.391. The van der Waals surface area contributed by atoms with Crippen LogP contribution in [0.15, 0.2) is 52.4 Å². The molecule has 9 heteroatoms. The summed E-state index contributed by atoms with van der Waals surface area (Å²) in [6.45, 7) is 4.26. The number of nitrogens with zero attached hydrogens (tertiary/aromatic N) is 2. The van der Waals surface area contributed by atoms with Crippen molar-refractivity contribution < 1.29 is 22.7 Å². The summed E-state index contributed by atoms with van der Waals surface area (Å²) in [5, 5.41) is 2.92. The molecule has 3 rings (SSSR count). The third-order valence-corrected chi connectivity index (χ3v) is 6.43. The zero-order valence-electron chi connectivity index (χ0n) is 18.7. The van der Waals surface area contributed by atoms with Gasteiger partial charge < -0.3 is 24.5 Å². The molecule has 0 saturated heterocycles. The fourth-order valence-corrected chi connectivity index (χ4v) is 4.67. The Morgan fingerprint density at radius 3 is 2.53 bits per heavy atom. The second-order valence-electron chi connectivity index (χ2n) is 8.37. The standard InChI is InChI=1S/C23H29N3O5S/c1-23(2,14-21-25-17-7-5-6-8-20(17)32(28,29)26-21)15-22(27)24-12-11-16-9-10-18(30-3)19(13-16)31-4/h5-10,13H,11-12,14-15H2,1-4H3,(H2,24,25,26,27)/p-1. The summed E-state index contributed by atoms with van der Waals surface area (Å²) in [7, 11) is -0.609. The summed E-state index contributed by atoms with van der Waals surface area (Å²) in [5.74, 6) is 1.40. The number of carbonyl (C=O) groups is 1. The van der Waals surface area contributed by atoms with E-state index in [9.17, 15) is 13.2 Å². The van der Waals surface area contributed by atoms with Crippen LogP contribution in [0.3, 0.4) is 0 Å². The molecule has 0 bridgehead atoms. The van der Waals surface area contributed by atoms with Crippen molar-refractivity contribution in [2.24, 2.45) is 10.4 Å². The van der Waals surface area contributed by atoms with Crippen LogP contribution < -0.4 is 14.8 Å². The highest BCUT2D eigenvalue weighted by molar-refractivity contribution is 7.95. The van der Waals surface area contributed by atoms with Crippen LogP contribution in [0, 0.1) is 5.41 Å². The van der Waals surface area contributed by atoms with Crippen molar-refractivity contribution in [3.63, 3.8) is 0 Å². The normalized spacial score (nSPS) is 14.6. The lowest BCUT2D eigenvalue weighted by Crippen LogP contribution is -2.31. The first-order chi connectivity index (χ1) is 15.1. The van der Waals surface area contributed by atoms with Crippen molar-refractivity contribution in [2.45, 2.75) is 38.0 Å². The molecule has 1 heterocycles. The van der Waals surface area contributed by atoms with Crippen molar-refractivity contribution in [1.29, 1.82) is 0 Å². The Hall–Kier alpha value is -3.07. The van der Waals surface area contributed by atoms with E-state index >= 15 is 0 Å². The molecule has 32 heavy (non-hydrogen) atoms. The molecular weight excluding hydrogens is 430 g/mol. The number of carbonyl (C=O) groups excluding carboxylic acids is 1. The first kappa shape index (κ1) is 23.6. The minimum Gasteiger partial charge on any atom is -0.493 e. The van der Waals surface area contributed by atoms with Crippen molar-refractivity contribution >= 4 is 27.5 Å². The summed E-state index contributed by atoms with van der Waals surface area (Å²) in [4.78, 5) is 17.0. The van der Waals surface area contributed by atoms with Crippen LogP contribution >= 0.6 is 0 Å². The first-order valence-corrected chi connectivity index (χ1v) is 11.7. The van der Waals surface area contributed by atoms with Gasteiger partial charge in [0.15, 0.2) is 11.5 Å². The molecule has 0 atom stereocenters. The van der Waals surface area contributed by atoms with Crippen LogP contribution in [-0.2, 0) is 21.2 Å². The number of para-hydroxylation sites is 1. The van der Waals surface area contributed by atoms with Gasteiger partial charge >= 0.3 is 0 Å². The Kier molecular flexibility index (Phi) is 7.08. The number of amides is 1. The summed E-state index contributed by atoms with van der Waals surface area (Å²) < 4.78 is 39.2. The van der Waals surface area contributed by atoms with Crippen LogP contribution in [0.25, 0.3) is 4.72 Å². The smallest absolute Gasteiger partial charge is 0.220 e. The highest BCUT2D eigenvalue weighted by Crippen LogP contribution is 2.37. The van der Waals surface area contributed by atoms with Gasteiger partial charge in [0, 0.05) is 13.0 Å². The van der Waals surface area contributed by atoms with E-state index in [0.717, 1.165) is 5.56 Å². The monoisotopic (exact) mass is 458 g/mol. The van der Waals surface area contributed by atoms with Gasteiger partial charge in [0.1, 0.15) is 0 Å². The Morgan fingerprint density at radius 2 is 1.81 bits per heavy atom. The minimum absolute atomic E-state index is 0.106. The average molecular weight is 459 g/mol. The number of amidine groups is 1. The molecule has 172 valence electrons. The predicted octanol–water partition coefficient (Wildman–Crippen LogP) is 3.98. The number of methoxy groups -OCH3 is 2. The largest absolute Gasteiger partial charge is 0.493 e. The fourth-order valence-electron chi connectivity index (χ4n) is 3.56. The van der Waals surface area contributed by atoms with E-state index in [1.165, 1.54) is 6.07 Å². The van der Waals surface area contributed by atoms with Gasteiger partial charge in [-0.1, -0.05) is 43.9 Å². The van der Waals surface area contributed by atoms with Crippen LogP contribution in [0.1, 0.15) is 32.3 Å². The van der Waals surface area contributed by atoms with E-state index < -0.39 is 15.4 Å². The van der Waals surface area contributed by atoms with E-state index in [2.05, 4.69) is 15.0 Å². The lowest BCUT2D eigenvalue weighted by atomic mass is 9.85. The van der Waals surface area contributed by atoms with Crippen molar-refractivity contribution in [3.8, 4) is 11.5 Å². The quantitative estimate of drug-likeness (QED) is 0.612. The minimum atomic E-state index is -3.77. The highest BCUT2D eigenvalue weighted by Gasteiger charge is 2.25. The predicted molar refractivity (Wildman–Crippen MR) is 123 cm³/mol. The lowest BCUT2D eigenvalue weighted by Gasteiger charge is -2.33. The highest BCUT2D eigenvalue weighted by atomic mass is 32.2. The van der Waals surface area contributed by atoms with Gasteiger partial charge in [-0.05, 0) is 47.7 Å². The molecule has 0 spiro atoms. The van der Waals surface area contributed by atoms with Gasteiger partial charge in [0.05, 0.1) is 19.1 Å². The molecule has 0 aliphatic carbocycles. The summed E-state index contributed by atoms with van der Waals surface area (Å²) in [6.07, 6.45) is 1.13. The molecule has 1 aliphatic rings. The molecule has 0 aromatic heterocycles. The Balaban J connectivity index is 1.55. The number of nitrogens with one attached hydrogen (secondary N) is 1. The molecule has 8 nitrogen and oxygen atoms in total. The van der Waals surface area contributed by atoms with Gasteiger partial charge in [-0.25, -0.2) is 8.42 Å². The lowest BCUT2D eigenvalue weighted by molar-refractivity contribution is -0.122. The van der Waals surface area contributed by atoms with Gasteiger partial charge in [-0.3, -0.25) is 4.79 Å². The van der Waals surface area contributed by atoms with Crippen LogP contribution in [-0.4, -0.2) is 40.9 Å². The maximum absolute atomic E-state index is 12.5. The number of benzene rings is 2. The summed E-state index contributed by atoms with van der Waals surface area (Å²) in [5.41, 5.74) is 0.881. The Morgan fingerprint density at radius 1 is 1.09 bits per heavy atom. The average Bonchev–Trinajstić information content (AvgIpc) is 2.72. The topological polar surface area (TPSA) is 108 Å². The van der Waals surface area contributed by atoms with Crippen LogP contribution in [0.5, 0.6) is 11.5 Å². The van der Waals surface area contributed by atoms with E-state index in [-0.39, 0.29) is 29.5 Å². The first-order valence-electron chi connectivity index (χ1n) is 10.3. The van der Waals surface area contributed by atoms with Gasteiger partial charge in [0.2, 0.25) is 15.9 Å². The number of sulfonamides is 1. The van der Waals surface area contributed by atoms with Gasteiger partial charge in [-0.2, -0.15) is 0 Å². The molecular formula is C23H28N3O5S-. The van der Waals surface area contributed by atoms with Crippen molar-refractivity contribution in [3.05, 3.63) is 52.8 Å². The maximum Gasteiger partial charge on any atom is 0.220 e. The number of ether oxygens (including phenoxy) is 2. The third kappa shape index (κ3) is 5.79. The molecule has 1 aliphatic heterocycles. The van der Waals surface area contributed by atoms with Crippen molar-refractivity contribution in [1.82, 2.24) is 5.32 Å². The van der Waals surface area contributed by atoms with E-state index in [4.69, 9.17) is 9.47 Å². The number of hydrogen-bond acceptors (Lipinski definition) is 6. The second kappa shape index (κ2) is 9.60. The van der Waals surface area contributed by atoms with E-state index in [1.54, 1.807) is 32.4 Å². The van der Waals surface area contributed by atoms with E-state index in [1.807, 2.05) is 32.0 Å². The van der Waals surface area contributed by atoms with Crippen LogP contribution in [0.4, 0.5) is 5.69 Å². The molecule has 0 fully saturated rings. The number of fused-ring (bicyclic) bond motifs is 1. The second-order valence-corrected chi connectivity index (χ2v) is 9.94. The SMILES string of the molecule is COc1ccc(CCNC(=O)CC(C)(C)CC2=Nc3ccccc3S(=O)(=O)[N-]2)cc1OC. The zero-order chi connectivity index (χ0) is 23.4. The molecule has 0 saturated carbocycles. The van der Waals surface area contributed by atoms with Crippen molar-refractivity contribution in [2.75, 3.05) is 20.8 Å². The Labute approximate surface area is 189 Å². The maximum atomic E-state index is 12.5. The molecule has 1 amide bonds. The third-order valence-electron chi connectivity index (χ3n) is 5.08. The number of hydrogen-bond donors (Lipinski definition) is 1. The number of aliphatic imine (C=N–C) groups is 1. The number of rotatable bonds is 9. The summed E-state index contributed by atoms with van der Waals surface area (Å²) >= 11 is 0. The molecule has 0 unspecified atom stereocenters. The van der Waals surface area contributed by atoms with E-state index in [0.29, 0.717) is 30.2 Å². The van der Waals surface area contributed by atoms with Gasteiger partial charge in [-0.15, -0.1) is 0 Å². The molecule has 1 N–H and O–H groups in total. The van der Waals surface area contributed by atoms with Crippen LogP contribution in [0.2, 0.25) is 0 Å². The molecule has 2 aromatic rings. The van der Waals surface area contributed by atoms with Gasteiger partial charge in [0.25, 0.3) is 0 Å². The Bertz CT molecular complexity index is 1130.